The summed E-state index contributed by atoms with van der Waals surface area (Å²) in [5.74, 6) is -3.89. The molecule has 0 spiro atoms. The summed E-state index contributed by atoms with van der Waals surface area (Å²) in [6.07, 6.45) is -3.74. The predicted octanol–water partition coefficient (Wildman–Crippen LogP) is -0.902. The summed E-state index contributed by atoms with van der Waals surface area (Å²) in [5, 5.41) is 21.0. The molecule has 0 amide bonds. The van der Waals surface area contributed by atoms with E-state index < -0.39 is 52.8 Å². The lowest BCUT2D eigenvalue weighted by molar-refractivity contribution is -0.262. The molecule has 1 radical (unpaired) electrons. The number of ketones is 3. The number of Topliss-reactive ketones (excluding diaryl/α,β-unsaturated/α-hetero) is 3. The van der Waals surface area contributed by atoms with Gasteiger partial charge in [0.15, 0.2) is 17.3 Å². The lowest BCUT2D eigenvalue weighted by Crippen LogP contribution is -2.78. The second-order valence-electron chi connectivity index (χ2n) is 5.31. The molecule has 2 N–H and O–H groups in total. The highest BCUT2D eigenvalue weighted by Crippen LogP contribution is 2.46. The van der Waals surface area contributed by atoms with Crippen LogP contribution in [0.15, 0.2) is 0 Å². The summed E-state index contributed by atoms with van der Waals surface area (Å²) >= 11 is 0. The van der Waals surface area contributed by atoms with Gasteiger partial charge in [-0.2, -0.15) is 0 Å². The quantitative estimate of drug-likeness (QED) is 0.639. The third-order valence-corrected chi connectivity index (χ3v) is 3.68. The average Bonchev–Trinajstić information content (AvgIpc) is 2.37. The van der Waals surface area contributed by atoms with Gasteiger partial charge >= 0.3 is 5.97 Å². The van der Waals surface area contributed by atoms with E-state index in [2.05, 4.69) is 0 Å². The fourth-order valence-corrected chi connectivity index (χ4v) is 2.68. The Labute approximate surface area is 127 Å². The van der Waals surface area contributed by atoms with Crippen molar-refractivity contribution in [2.24, 2.45) is 0 Å². The average molecular weight is 315 g/mol. The predicted molar refractivity (Wildman–Crippen MR) is 71.3 cm³/mol. The van der Waals surface area contributed by atoms with Gasteiger partial charge in [-0.15, -0.1) is 0 Å². The van der Waals surface area contributed by atoms with Gasteiger partial charge in [-0.3, -0.25) is 19.2 Å². The van der Waals surface area contributed by atoms with Gasteiger partial charge in [-0.05, 0) is 27.7 Å². The zero-order chi connectivity index (χ0) is 17.5. The normalized spacial score (nSPS) is 35.8. The summed E-state index contributed by atoms with van der Waals surface area (Å²) in [4.78, 5) is 47.5. The Balaban J connectivity index is 3.76. The molecule has 1 aliphatic rings. The smallest absolute Gasteiger partial charge is 0.303 e. The van der Waals surface area contributed by atoms with Crippen LogP contribution >= 0.6 is 0 Å². The Bertz CT molecular complexity index is 527. The molecule has 0 aliphatic carbocycles. The first-order valence-electron chi connectivity index (χ1n) is 6.60. The van der Waals surface area contributed by atoms with Gasteiger partial charge in [-0.25, -0.2) is 0 Å². The summed E-state index contributed by atoms with van der Waals surface area (Å²) in [6.45, 7) is 5.11. The molecular weight excluding hydrogens is 296 g/mol. The fraction of sp³-hybridized carbons (Fsp3) is 0.643. The van der Waals surface area contributed by atoms with Crippen LogP contribution in [0.1, 0.15) is 34.6 Å². The van der Waals surface area contributed by atoms with Crippen LogP contribution in [0.4, 0.5) is 0 Å². The first-order chi connectivity index (χ1) is 9.92. The molecule has 1 fully saturated rings. The number of aliphatic hydroxyl groups excluding tert-OH is 1. The van der Waals surface area contributed by atoms with Crippen molar-refractivity contribution in [1.82, 2.24) is 0 Å². The van der Waals surface area contributed by atoms with Gasteiger partial charge in [0.1, 0.15) is 6.10 Å². The van der Waals surface area contributed by atoms with Crippen LogP contribution < -0.4 is 0 Å². The monoisotopic (exact) mass is 315 g/mol. The Morgan fingerprint density at radius 3 is 1.91 bits per heavy atom. The molecule has 1 rings (SSSR count). The van der Waals surface area contributed by atoms with Gasteiger partial charge in [0, 0.05) is 6.92 Å². The maximum atomic E-state index is 12.2. The molecule has 4 atom stereocenters. The molecule has 1 saturated heterocycles. The van der Waals surface area contributed by atoms with E-state index in [1.54, 1.807) is 0 Å². The van der Waals surface area contributed by atoms with Crippen molar-refractivity contribution in [3.63, 3.8) is 0 Å². The van der Waals surface area contributed by atoms with Crippen molar-refractivity contribution in [3.05, 3.63) is 6.10 Å². The highest BCUT2D eigenvalue weighted by Gasteiger charge is 2.74. The highest BCUT2D eigenvalue weighted by atomic mass is 16.6. The number of hydrogen-bond donors (Lipinski definition) is 2. The second kappa shape index (κ2) is 5.86. The van der Waals surface area contributed by atoms with Gasteiger partial charge in [0.05, 0.1) is 6.10 Å². The van der Waals surface area contributed by atoms with Crippen LogP contribution in [-0.2, 0) is 28.7 Å². The topological polar surface area (TPSA) is 127 Å². The Morgan fingerprint density at radius 1 is 1.09 bits per heavy atom. The number of ether oxygens (including phenoxy) is 2. The number of rotatable bonds is 4. The minimum absolute atomic E-state index is 0.689. The lowest BCUT2D eigenvalue weighted by Gasteiger charge is -2.52. The fourth-order valence-electron chi connectivity index (χ4n) is 2.68. The number of esters is 1. The molecule has 0 aromatic heterocycles. The van der Waals surface area contributed by atoms with Crippen molar-refractivity contribution < 1.29 is 38.9 Å². The van der Waals surface area contributed by atoms with E-state index in [4.69, 9.17) is 9.47 Å². The second-order valence-corrected chi connectivity index (χ2v) is 5.31. The number of aliphatic hydroxyl groups is 2. The number of carbonyl (C=O) groups is 4. The first kappa shape index (κ1) is 18.4. The van der Waals surface area contributed by atoms with E-state index >= 15 is 0 Å². The van der Waals surface area contributed by atoms with Crippen molar-refractivity contribution in [2.75, 3.05) is 0 Å². The molecule has 0 bridgehead atoms. The maximum absolute atomic E-state index is 12.2. The van der Waals surface area contributed by atoms with Crippen LogP contribution in [0.25, 0.3) is 0 Å². The van der Waals surface area contributed by atoms with Gasteiger partial charge < -0.3 is 19.7 Å². The van der Waals surface area contributed by atoms with Gasteiger partial charge in [0.25, 0.3) is 0 Å². The molecule has 1 aliphatic heterocycles. The van der Waals surface area contributed by atoms with Crippen LogP contribution in [-0.4, -0.2) is 56.9 Å². The lowest BCUT2D eigenvalue weighted by atomic mass is 9.66. The van der Waals surface area contributed by atoms with Gasteiger partial charge in [0.2, 0.25) is 17.3 Å². The maximum Gasteiger partial charge on any atom is 0.303 e. The van der Waals surface area contributed by atoms with E-state index in [-0.39, 0.29) is 0 Å². The first-order valence-corrected chi connectivity index (χ1v) is 6.60. The van der Waals surface area contributed by atoms with Crippen molar-refractivity contribution in [2.45, 2.75) is 58.0 Å². The number of hydrogen-bond acceptors (Lipinski definition) is 8. The van der Waals surface area contributed by atoms with E-state index in [1.165, 1.54) is 6.92 Å². The SMILES string of the molecule is CC(=O)O[C@]1(C(C)=O)[C](C(C)=O)O[C@H](C)[C@@H](O)[C@@]1(O)C(C)=O. The minimum atomic E-state index is -2.83. The third kappa shape index (κ3) is 2.37. The largest absolute Gasteiger partial charge is 0.444 e. The minimum Gasteiger partial charge on any atom is -0.444 e. The zero-order valence-electron chi connectivity index (χ0n) is 13.0. The van der Waals surface area contributed by atoms with E-state index in [1.807, 2.05) is 0 Å². The highest BCUT2D eigenvalue weighted by molar-refractivity contribution is 6.08. The molecule has 0 saturated carbocycles. The molecular formula is C14H19O8. The van der Waals surface area contributed by atoms with E-state index in [9.17, 15) is 29.4 Å². The third-order valence-electron chi connectivity index (χ3n) is 3.68. The molecule has 0 aromatic rings. The Kier molecular flexibility index (Phi) is 4.91. The standard InChI is InChI=1S/C14H19O8/c1-6(15)12-14(9(4)17,22-10(5)18)13(20,8(3)16)11(19)7(2)21-12/h7,11,19-20H,1-5H3/t7-,11-,13+,14-/m1/s1. The zero-order valence-corrected chi connectivity index (χ0v) is 13.0. The summed E-state index contributed by atoms with van der Waals surface area (Å²) in [5.41, 5.74) is -5.55. The Morgan fingerprint density at radius 2 is 1.59 bits per heavy atom. The summed E-state index contributed by atoms with van der Waals surface area (Å²) in [6, 6.07) is 0. The van der Waals surface area contributed by atoms with Gasteiger partial charge in [-0.1, -0.05) is 0 Å². The number of carbonyl (C=O) groups excluding carboxylic acids is 4. The van der Waals surface area contributed by atoms with E-state index in [0.717, 1.165) is 27.7 Å². The van der Waals surface area contributed by atoms with Crippen LogP contribution in [0.2, 0.25) is 0 Å². The van der Waals surface area contributed by atoms with Crippen molar-refractivity contribution in [1.29, 1.82) is 0 Å². The van der Waals surface area contributed by atoms with Crippen LogP contribution in [0, 0.1) is 6.10 Å². The molecule has 8 nitrogen and oxygen atoms in total. The summed E-state index contributed by atoms with van der Waals surface area (Å²) in [7, 11) is 0. The molecule has 0 aromatic carbocycles. The van der Waals surface area contributed by atoms with Crippen molar-refractivity contribution in [3.8, 4) is 0 Å². The van der Waals surface area contributed by atoms with Crippen LogP contribution in [0.5, 0.6) is 0 Å². The molecule has 123 valence electrons. The van der Waals surface area contributed by atoms with E-state index in [0.29, 0.717) is 0 Å². The Hall–Kier alpha value is -1.64. The molecule has 22 heavy (non-hydrogen) atoms. The van der Waals surface area contributed by atoms with Crippen molar-refractivity contribution >= 4 is 23.3 Å². The molecule has 0 unspecified atom stereocenters. The van der Waals surface area contributed by atoms with Crippen LogP contribution in [0.3, 0.4) is 0 Å². The molecule has 1 heterocycles. The summed E-state index contributed by atoms with van der Waals surface area (Å²) < 4.78 is 10.1. The molecule has 8 heteroatoms.